The first kappa shape index (κ1) is 25.3. The Hall–Kier alpha value is -1.30. The number of aromatic nitrogens is 2. The number of fused-ring (bicyclic) bond motifs is 1. The van der Waals surface area contributed by atoms with Crippen molar-refractivity contribution in [3.05, 3.63) is 17.7 Å². The third-order valence-electron chi connectivity index (χ3n) is 3.96. The quantitative estimate of drug-likeness (QED) is 0.174. The summed E-state index contributed by atoms with van der Waals surface area (Å²) in [4.78, 5) is 43.0. The molecule has 18 nitrogen and oxygen atoms in total. The number of ether oxygens (including phenoxy) is 1. The third kappa shape index (κ3) is 5.78. The van der Waals surface area contributed by atoms with Crippen LogP contribution < -0.4 is 11.2 Å². The first-order valence-electron chi connectivity index (χ1n) is 8.20. The number of nitrogens with one attached hydrogen (secondary N) is 1. The van der Waals surface area contributed by atoms with Crippen LogP contribution in [-0.4, -0.2) is 70.4 Å². The Morgan fingerprint density at radius 3 is 2.47 bits per heavy atom. The minimum absolute atomic E-state index is 0.0516. The molecule has 2 aliphatic rings. The highest BCUT2D eigenvalue weighted by molar-refractivity contribution is 7.66. The molecular formula is C10H17FN5O13P3. The standard InChI is InChI=1S/C10H17FN5O13P3/c11-5-6(17)4(2-26-31(22,23)29-32(24,25)28-30(19,20)21)27-7(5)3-1-13-8-9(18)14-10(12)15-16(3)8/h1,4-7,9,17-18H,2H2,(H,22,23)(H,24,25)(H3,12,14,15)(H2,19,20,21)/t4-,5-,6-,7+,9?/m1/s1. The Bertz CT molecular complexity index is 1050. The van der Waals surface area contributed by atoms with E-state index in [2.05, 4.69) is 28.5 Å². The molecule has 1 aromatic rings. The number of alkyl halides is 1. The Labute approximate surface area is 176 Å². The van der Waals surface area contributed by atoms with Gasteiger partial charge in [0.2, 0.25) is 12.2 Å². The molecule has 9 N–H and O–H groups in total. The Morgan fingerprint density at radius 2 is 1.84 bits per heavy atom. The summed E-state index contributed by atoms with van der Waals surface area (Å²) in [5.74, 6) is -0.307. The molecule has 0 aromatic carbocycles. The van der Waals surface area contributed by atoms with Crippen LogP contribution in [0, 0.1) is 0 Å². The van der Waals surface area contributed by atoms with Gasteiger partial charge in [-0.15, -0.1) is 0 Å². The van der Waals surface area contributed by atoms with Crippen LogP contribution >= 0.6 is 23.5 Å². The molecule has 0 spiro atoms. The summed E-state index contributed by atoms with van der Waals surface area (Å²) in [5.41, 5.74) is 7.93. The number of phosphoric ester groups is 1. The number of nitrogens with zero attached hydrogens (tertiary/aromatic N) is 3. The van der Waals surface area contributed by atoms with E-state index in [-0.39, 0.29) is 17.5 Å². The predicted molar refractivity (Wildman–Crippen MR) is 96.5 cm³/mol. The average molecular weight is 527 g/mol. The molecular weight excluding hydrogens is 510 g/mol. The van der Waals surface area contributed by atoms with Gasteiger partial charge in [0.05, 0.1) is 18.5 Å². The van der Waals surface area contributed by atoms with Gasteiger partial charge in [-0.05, 0) is 0 Å². The van der Waals surface area contributed by atoms with Gasteiger partial charge in [0.1, 0.15) is 18.3 Å². The van der Waals surface area contributed by atoms with E-state index in [9.17, 15) is 33.2 Å². The molecule has 0 amide bonds. The average Bonchev–Trinajstić information content (AvgIpc) is 3.12. The summed E-state index contributed by atoms with van der Waals surface area (Å²) < 4.78 is 66.1. The number of nitrogens with two attached hydrogens (primary N) is 1. The molecule has 0 radical (unpaired) electrons. The maximum atomic E-state index is 14.7. The number of halogens is 1. The number of guanidine groups is 1. The van der Waals surface area contributed by atoms with Crippen LogP contribution in [-0.2, 0) is 31.6 Å². The maximum Gasteiger partial charge on any atom is 0.490 e. The number of rotatable bonds is 8. The van der Waals surface area contributed by atoms with Crippen LogP contribution in [0.2, 0.25) is 0 Å². The zero-order valence-corrected chi connectivity index (χ0v) is 18.0. The van der Waals surface area contributed by atoms with Crippen LogP contribution in [0.3, 0.4) is 0 Å². The molecule has 3 unspecified atom stereocenters. The van der Waals surface area contributed by atoms with Crippen LogP contribution in [0.15, 0.2) is 11.2 Å². The van der Waals surface area contributed by atoms with E-state index in [1.807, 2.05) is 0 Å². The predicted octanol–water partition coefficient (Wildman–Crippen LogP) is -1.77. The molecule has 1 saturated heterocycles. The number of hydrogen-bond acceptors (Lipinski definition) is 13. The molecule has 3 heterocycles. The fraction of sp³-hybridized carbons (Fsp3) is 0.600. The second kappa shape index (κ2) is 8.81. The summed E-state index contributed by atoms with van der Waals surface area (Å²) in [6.07, 6.45) is -7.59. The van der Waals surface area contributed by atoms with Crippen LogP contribution in [0.1, 0.15) is 23.9 Å². The van der Waals surface area contributed by atoms with E-state index in [1.165, 1.54) is 0 Å². The summed E-state index contributed by atoms with van der Waals surface area (Å²) in [6, 6.07) is 0. The second-order valence-corrected chi connectivity index (χ2v) is 10.7. The number of phosphoric acid groups is 3. The minimum atomic E-state index is -5.75. The van der Waals surface area contributed by atoms with Crippen LogP contribution in [0.4, 0.5) is 4.39 Å². The Kier molecular flexibility index (Phi) is 6.97. The van der Waals surface area contributed by atoms with Crippen molar-refractivity contribution in [2.24, 2.45) is 10.7 Å². The lowest BCUT2D eigenvalue weighted by Crippen LogP contribution is -2.38. The smallest absolute Gasteiger partial charge is 0.387 e. The monoisotopic (exact) mass is 527 g/mol. The molecule has 32 heavy (non-hydrogen) atoms. The van der Waals surface area contributed by atoms with Crippen molar-refractivity contribution in [3.8, 4) is 0 Å². The molecule has 22 heteroatoms. The maximum absolute atomic E-state index is 14.7. The summed E-state index contributed by atoms with van der Waals surface area (Å²) in [7, 11) is -16.8. The Morgan fingerprint density at radius 1 is 1.19 bits per heavy atom. The summed E-state index contributed by atoms with van der Waals surface area (Å²) >= 11 is 0. The molecule has 0 bridgehead atoms. The number of aliphatic hydroxyl groups is 2. The number of hydrogen-bond donors (Lipinski definition) is 8. The van der Waals surface area contributed by atoms with Gasteiger partial charge in [-0.2, -0.15) is 8.62 Å². The van der Waals surface area contributed by atoms with E-state index >= 15 is 0 Å². The molecule has 2 aliphatic heterocycles. The van der Waals surface area contributed by atoms with Gasteiger partial charge < -0.3 is 40.3 Å². The normalized spacial score (nSPS) is 31.8. The van der Waals surface area contributed by atoms with Crippen molar-refractivity contribution in [1.29, 1.82) is 0 Å². The van der Waals surface area contributed by atoms with Crippen LogP contribution in [0.5, 0.6) is 0 Å². The van der Waals surface area contributed by atoms with Gasteiger partial charge in [0.15, 0.2) is 12.0 Å². The summed E-state index contributed by atoms with van der Waals surface area (Å²) in [5, 5.41) is 19.9. The SMILES string of the molecule is NC1=NC(O)c2ncc([C@@H]3O[C@H](COP(=O)(O)OP(=O)(O)OP(=O)(O)O)[C@@H](O)[C@H]3F)n2N1. The van der Waals surface area contributed by atoms with Gasteiger partial charge >= 0.3 is 23.5 Å². The zero-order valence-electron chi connectivity index (χ0n) is 15.4. The van der Waals surface area contributed by atoms with Gasteiger partial charge in [-0.25, -0.2) is 32.7 Å². The highest BCUT2D eigenvalue weighted by Crippen LogP contribution is 2.66. The van der Waals surface area contributed by atoms with E-state index in [0.29, 0.717) is 0 Å². The minimum Gasteiger partial charge on any atom is -0.387 e. The number of aliphatic hydroxyl groups excluding tert-OH is 2. The molecule has 0 aliphatic carbocycles. The molecule has 182 valence electrons. The third-order valence-corrected chi connectivity index (χ3v) is 7.76. The molecule has 1 aromatic heterocycles. The van der Waals surface area contributed by atoms with Gasteiger partial charge in [-0.1, -0.05) is 0 Å². The van der Waals surface area contributed by atoms with Crippen molar-refractivity contribution in [1.82, 2.24) is 9.66 Å². The lowest BCUT2D eigenvalue weighted by Gasteiger charge is -2.22. The second-order valence-electron chi connectivity index (χ2n) is 6.29. The molecule has 1 fully saturated rings. The van der Waals surface area contributed by atoms with E-state index in [0.717, 1.165) is 10.9 Å². The first-order valence-corrected chi connectivity index (χ1v) is 12.7. The van der Waals surface area contributed by atoms with Crippen molar-refractivity contribution in [2.45, 2.75) is 30.7 Å². The number of aliphatic imine (C=N–C) groups is 1. The molecule has 3 rings (SSSR count). The van der Waals surface area contributed by atoms with Crippen LogP contribution in [0.25, 0.3) is 0 Å². The lowest BCUT2D eigenvalue weighted by atomic mass is 10.1. The van der Waals surface area contributed by atoms with Crippen molar-refractivity contribution in [2.75, 3.05) is 12.0 Å². The zero-order chi connectivity index (χ0) is 24.1. The highest BCUT2D eigenvalue weighted by atomic mass is 31.3. The molecule has 7 atom stereocenters. The van der Waals surface area contributed by atoms with Crippen molar-refractivity contribution < 1.29 is 65.8 Å². The van der Waals surface area contributed by atoms with E-state index in [4.69, 9.17) is 25.2 Å². The van der Waals surface area contributed by atoms with Gasteiger partial charge in [0, 0.05) is 0 Å². The fourth-order valence-corrected chi connectivity index (χ4v) is 5.82. The van der Waals surface area contributed by atoms with E-state index in [1.54, 1.807) is 0 Å². The Balaban J connectivity index is 1.67. The molecule has 0 saturated carbocycles. The summed E-state index contributed by atoms with van der Waals surface area (Å²) in [6.45, 7) is -1.07. The lowest BCUT2D eigenvalue weighted by molar-refractivity contribution is -0.0238. The van der Waals surface area contributed by atoms with Crippen molar-refractivity contribution in [3.63, 3.8) is 0 Å². The number of imidazole rings is 1. The first-order chi connectivity index (χ1) is 14.6. The highest BCUT2D eigenvalue weighted by Gasteiger charge is 2.48. The van der Waals surface area contributed by atoms with Crippen molar-refractivity contribution >= 4 is 29.4 Å². The van der Waals surface area contributed by atoms with E-state index < -0.39 is 60.8 Å². The topological polar surface area (TPSA) is 278 Å². The van der Waals surface area contributed by atoms with Gasteiger partial charge in [-0.3, -0.25) is 9.95 Å². The van der Waals surface area contributed by atoms with Gasteiger partial charge in [0.25, 0.3) is 0 Å². The largest absolute Gasteiger partial charge is 0.490 e. The fourth-order valence-electron chi connectivity index (χ4n) is 2.79.